The highest BCUT2D eigenvalue weighted by atomic mass is 16.6. The standard InChI is InChI=1S/C28H31N3O3/c1-30(23-12-6-3-7-13-23)27(32)18-21-31-19-16-24(17-20-31)34-28(33)29-26-15-9-8-14-25(26)22-10-4-2-5-11-22/h2-15,24H,16-21H2,1H3,(H,29,33). The molecule has 0 unspecified atom stereocenters. The molecule has 2 amide bonds. The number of para-hydroxylation sites is 2. The first-order chi connectivity index (χ1) is 16.6. The highest BCUT2D eigenvalue weighted by molar-refractivity contribution is 5.93. The van der Waals surface area contributed by atoms with Gasteiger partial charge in [0.2, 0.25) is 5.91 Å². The number of piperidine rings is 1. The predicted octanol–water partition coefficient (Wildman–Crippen LogP) is 5.42. The van der Waals surface area contributed by atoms with Crippen molar-refractivity contribution < 1.29 is 14.3 Å². The monoisotopic (exact) mass is 457 g/mol. The minimum Gasteiger partial charge on any atom is -0.446 e. The molecular weight excluding hydrogens is 426 g/mol. The number of carbonyl (C=O) groups excluding carboxylic acids is 2. The fraction of sp³-hybridized carbons (Fsp3) is 0.286. The van der Waals surface area contributed by atoms with Crippen LogP contribution in [0.1, 0.15) is 19.3 Å². The molecule has 0 spiro atoms. The molecule has 176 valence electrons. The Bertz CT molecular complexity index is 1080. The Morgan fingerprint density at radius 1 is 0.912 bits per heavy atom. The lowest BCUT2D eigenvalue weighted by Crippen LogP contribution is -2.40. The molecule has 1 aliphatic rings. The van der Waals surface area contributed by atoms with Crippen LogP contribution in [0.5, 0.6) is 0 Å². The van der Waals surface area contributed by atoms with E-state index in [9.17, 15) is 9.59 Å². The van der Waals surface area contributed by atoms with Crippen LogP contribution in [0.3, 0.4) is 0 Å². The van der Waals surface area contributed by atoms with Crippen LogP contribution in [-0.4, -0.2) is 49.7 Å². The molecule has 6 heteroatoms. The molecule has 0 aromatic heterocycles. The van der Waals surface area contributed by atoms with Crippen molar-refractivity contribution in [3.05, 3.63) is 84.9 Å². The van der Waals surface area contributed by atoms with Gasteiger partial charge in [-0.3, -0.25) is 10.1 Å². The number of nitrogens with one attached hydrogen (secondary N) is 1. The first kappa shape index (κ1) is 23.5. The van der Waals surface area contributed by atoms with Crippen molar-refractivity contribution in [3.63, 3.8) is 0 Å². The van der Waals surface area contributed by atoms with Crippen molar-refractivity contribution in [1.82, 2.24) is 4.90 Å². The van der Waals surface area contributed by atoms with Crippen molar-refractivity contribution >= 4 is 23.4 Å². The summed E-state index contributed by atoms with van der Waals surface area (Å²) in [7, 11) is 1.81. The van der Waals surface area contributed by atoms with Crippen LogP contribution in [-0.2, 0) is 9.53 Å². The molecule has 1 N–H and O–H groups in total. The quantitative estimate of drug-likeness (QED) is 0.515. The van der Waals surface area contributed by atoms with E-state index in [2.05, 4.69) is 10.2 Å². The summed E-state index contributed by atoms with van der Waals surface area (Å²) in [5.41, 5.74) is 3.64. The van der Waals surface area contributed by atoms with Crippen LogP contribution in [0, 0.1) is 0 Å². The smallest absolute Gasteiger partial charge is 0.411 e. The maximum Gasteiger partial charge on any atom is 0.411 e. The molecule has 0 saturated carbocycles. The average molecular weight is 458 g/mol. The van der Waals surface area contributed by atoms with Gasteiger partial charge in [-0.05, 0) is 36.6 Å². The number of likely N-dealkylation sites (tertiary alicyclic amines) is 1. The van der Waals surface area contributed by atoms with Gasteiger partial charge in [0.05, 0.1) is 5.69 Å². The Morgan fingerprint density at radius 2 is 1.53 bits per heavy atom. The summed E-state index contributed by atoms with van der Waals surface area (Å²) in [6.45, 7) is 2.32. The van der Waals surface area contributed by atoms with E-state index in [-0.39, 0.29) is 12.0 Å². The van der Waals surface area contributed by atoms with Gasteiger partial charge in [-0.25, -0.2) is 4.79 Å². The minimum atomic E-state index is -0.429. The molecular formula is C28H31N3O3. The van der Waals surface area contributed by atoms with Gasteiger partial charge in [-0.2, -0.15) is 0 Å². The Labute approximate surface area is 201 Å². The van der Waals surface area contributed by atoms with E-state index in [1.165, 1.54) is 0 Å². The Hall–Kier alpha value is -3.64. The second-order valence-corrected chi connectivity index (χ2v) is 8.52. The SMILES string of the molecule is CN(C(=O)CCN1CCC(OC(=O)Nc2ccccc2-c2ccccc2)CC1)c1ccccc1. The topological polar surface area (TPSA) is 61.9 Å². The molecule has 34 heavy (non-hydrogen) atoms. The zero-order chi connectivity index (χ0) is 23.8. The van der Waals surface area contributed by atoms with Crippen LogP contribution in [0.15, 0.2) is 84.9 Å². The van der Waals surface area contributed by atoms with Gasteiger partial charge in [0, 0.05) is 44.4 Å². The first-order valence-corrected chi connectivity index (χ1v) is 11.8. The van der Waals surface area contributed by atoms with E-state index >= 15 is 0 Å². The average Bonchev–Trinajstić information content (AvgIpc) is 2.89. The van der Waals surface area contributed by atoms with Gasteiger partial charge in [-0.15, -0.1) is 0 Å². The number of hydrogen-bond donors (Lipinski definition) is 1. The minimum absolute atomic E-state index is 0.0982. The maximum absolute atomic E-state index is 12.6. The van der Waals surface area contributed by atoms with Gasteiger partial charge in [0.15, 0.2) is 0 Å². The van der Waals surface area contributed by atoms with Crippen LogP contribution >= 0.6 is 0 Å². The molecule has 3 aromatic carbocycles. The van der Waals surface area contributed by atoms with E-state index in [1.54, 1.807) is 4.90 Å². The predicted molar refractivity (Wildman–Crippen MR) is 136 cm³/mol. The van der Waals surface area contributed by atoms with Crippen LogP contribution in [0.4, 0.5) is 16.2 Å². The Balaban J connectivity index is 1.22. The lowest BCUT2D eigenvalue weighted by molar-refractivity contribution is -0.118. The van der Waals surface area contributed by atoms with Crippen molar-refractivity contribution in [3.8, 4) is 11.1 Å². The van der Waals surface area contributed by atoms with Crippen LogP contribution < -0.4 is 10.2 Å². The lowest BCUT2D eigenvalue weighted by atomic mass is 10.0. The van der Waals surface area contributed by atoms with Crippen LogP contribution in [0.25, 0.3) is 11.1 Å². The molecule has 0 aliphatic carbocycles. The summed E-state index contributed by atoms with van der Waals surface area (Å²) in [5, 5.41) is 2.91. The lowest BCUT2D eigenvalue weighted by Gasteiger charge is -2.31. The highest BCUT2D eigenvalue weighted by Crippen LogP contribution is 2.28. The third-order valence-electron chi connectivity index (χ3n) is 6.22. The summed E-state index contributed by atoms with van der Waals surface area (Å²) < 4.78 is 5.70. The van der Waals surface area contributed by atoms with E-state index in [0.29, 0.717) is 13.0 Å². The number of anilines is 2. The molecule has 1 fully saturated rings. The van der Waals surface area contributed by atoms with Crippen molar-refractivity contribution in [2.75, 3.05) is 36.9 Å². The molecule has 3 aromatic rings. The summed E-state index contributed by atoms with van der Waals surface area (Å²) in [6.07, 6.45) is 1.44. The number of ether oxygens (including phenoxy) is 1. The zero-order valence-electron chi connectivity index (χ0n) is 19.5. The van der Waals surface area contributed by atoms with Crippen molar-refractivity contribution in [2.24, 2.45) is 0 Å². The summed E-state index contributed by atoms with van der Waals surface area (Å²) >= 11 is 0. The fourth-order valence-electron chi connectivity index (χ4n) is 4.22. The largest absolute Gasteiger partial charge is 0.446 e. The molecule has 0 atom stereocenters. The van der Waals surface area contributed by atoms with E-state index in [1.807, 2.05) is 92.0 Å². The van der Waals surface area contributed by atoms with Gasteiger partial charge in [0.25, 0.3) is 0 Å². The molecule has 1 heterocycles. The summed E-state index contributed by atoms with van der Waals surface area (Å²) in [5.74, 6) is 0.0982. The third kappa shape index (κ3) is 6.23. The van der Waals surface area contributed by atoms with Crippen molar-refractivity contribution in [1.29, 1.82) is 0 Å². The zero-order valence-corrected chi connectivity index (χ0v) is 19.5. The number of carbonyl (C=O) groups is 2. The van der Waals surface area contributed by atoms with Gasteiger partial charge >= 0.3 is 6.09 Å². The first-order valence-electron chi connectivity index (χ1n) is 11.8. The van der Waals surface area contributed by atoms with Gasteiger partial charge in [-0.1, -0.05) is 66.7 Å². The van der Waals surface area contributed by atoms with Crippen molar-refractivity contribution in [2.45, 2.75) is 25.4 Å². The third-order valence-corrected chi connectivity index (χ3v) is 6.22. The number of rotatable bonds is 7. The second kappa shape index (κ2) is 11.5. The number of nitrogens with zero attached hydrogens (tertiary/aromatic N) is 2. The molecule has 1 saturated heterocycles. The molecule has 6 nitrogen and oxygen atoms in total. The van der Waals surface area contributed by atoms with E-state index in [4.69, 9.17) is 4.74 Å². The number of benzene rings is 3. The Morgan fingerprint density at radius 3 is 2.24 bits per heavy atom. The van der Waals surface area contributed by atoms with Crippen LogP contribution in [0.2, 0.25) is 0 Å². The second-order valence-electron chi connectivity index (χ2n) is 8.52. The summed E-state index contributed by atoms with van der Waals surface area (Å²) in [6, 6.07) is 27.4. The Kier molecular flexibility index (Phi) is 7.94. The highest BCUT2D eigenvalue weighted by Gasteiger charge is 2.23. The number of amides is 2. The van der Waals surface area contributed by atoms with E-state index in [0.717, 1.165) is 48.4 Å². The normalized spacial score (nSPS) is 14.4. The maximum atomic E-state index is 12.6. The molecule has 0 radical (unpaired) electrons. The van der Waals surface area contributed by atoms with Gasteiger partial charge < -0.3 is 14.5 Å². The van der Waals surface area contributed by atoms with Gasteiger partial charge in [0.1, 0.15) is 6.10 Å². The molecule has 1 aliphatic heterocycles. The van der Waals surface area contributed by atoms with E-state index < -0.39 is 6.09 Å². The number of hydrogen-bond acceptors (Lipinski definition) is 4. The fourth-order valence-corrected chi connectivity index (χ4v) is 4.22. The molecule has 0 bridgehead atoms. The molecule has 4 rings (SSSR count). The summed E-state index contributed by atoms with van der Waals surface area (Å²) in [4.78, 5) is 29.1.